The molecule has 2 aromatic rings. The first-order valence-electron chi connectivity index (χ1n) is 7.31. The maximum Gasteiger partial charge on any atom is 0.135 e. The lowest BCUT2D eigenvalue weighted by atomic mass is 10.2. The fourth-order valence-electron chi connectivity index (χ4n) is 2.02. The van der Waals surface area contributed by atoms with Crippen molar-refractivity contribution in [1.29, 1.82) is 0 Å². The van der Waals surface area contributed by atoms with Gasteiger partial charge < -0.3 is 14.8 Å². The molecule has 0 spiro atoms. The van der Waals surface area contributed by atoms with Gasteiger partial charge in [-0.25, -0.2) is 15.0 Å². The topological polar surface area (TPSA) is 58.9 Å². The Bertz CT molecular complexity index is 590. The number of hydrogen-bond donors (Lipinski definition) is 1. The van der Waals surface area contributed by atoms with Crippen LogP contribution < -0.4 is 10.2 Å². The Morgan fingerprint density at radius 2 is 2.10 bits per heavy atom. The molecule has 21 heavy (non-hydrogen) atoms. The molecule has 0 atom stereocenters. The van der Waals surface area contributed by atoms with E-state index in [0.717, 1.165) is 29.8 Å². The summed E-state index contributed by atoms with van der Waals surface area (Å²) >= 11 is 0. The van der Waals surface area contributed by atoms with E-state index in [-0.39, 0.29) is 0 Å². The number of aromatic nitrogens is 4. The Hall–Kier alpha value is -2.11. The fourth-order valence-corrected chi connectivity index (χ4v) is 2.02. The summed E-state index contributed by atoms with van der Waals surface area (Å²) in [7, 11) is 4.02. The van der Waals surface area contributed by atoms with Gasteiger partial charge in [-0.3, -0.25) is 0 Å². The van der Waals surface area contributed by atoms with Gasteiger partial charge in [0, 0.05) is 45.0 Å². The monoisotopic (exact) mass is 288 g/mol. The summed E-state index contributed by atoms with van der Waals surface area (Å²) in [6.45, 7) is 7.83. The van der Waals surface area contributed by atoms with Crippen LogP contribution in [0.1, 0.15) is 38.3 Å². The molecule has 0 bridgehead atoms. The highest BCUT2D eigenvalue weighted by molar-refractivity contribution is 5.49. The minimum Gasteiger partial charge on any atom is -0.370 e. The zero-order valence-corrected chi connectivity index (χ0v) is 13.5. The summed E-state index contributed by atoms with van der Waals surface area (Å²) in [5.74, 6) is 3.94. The number of aryl methyl sites for hydroxylation is 1. The van der Waals surface area contributed by atoms with Gasteiger partial charge in [0.2, 0.25) is 0 Å². The first kappa shape index (κ1) is 15.3. The molecule has 6 nitrogen and oxygen atoms in total. The van der Waals surface area contributed by atoms with E-state index in [4.69, 9.17) is 0 Å². The molecule has 1 N–H and O–H groups in total. The molecule has 0 unspecified atom stereocenters. The van der Waals surface area contributed by atoms with Crippen LogP contribution in [0.5, 0.6) is 0 Å². The lowest BCUT2D eigenvalue weighted by Gasteiger charge is -2.20. The predicted molar refractivity (Wildman–Crippen MR) is 85.6 cm³/mol. The molecular weight excluding hydrogens is 264 g/mol. The molecule has 2 rings (SSSR count). The molecule has 0 amide bonds. The lowest BCUT2D eigenvalue weighted by molar-refractivity contribution is 0.735. The largest absolute Gasteiger partial charge is 0.370 e. The van der Waals surface area contributed by atoms with Crippen LogP contribution in [-0.4, -0.2) is 33.1 Å². The quantitative estimate of drug-likeness (QED) is 0.884. The molecule has 6 heteroatoms. The van der Waals surface area contributed by atoms with Crippen LogP contribution in [0.3, 0.4) is 0 Å². The molecule has 0 aliphatic heterocycles. The molecule has 0 aliphatic rings. The molecule has 2 aromatic heterocycles. The van der Waals surface area contributed by atoms with Crippen LogP contribution in [0.25, 0.3) is 0 Å². The minimum absolute atomic E-state index is 0.295. The predicted octanol–water partition coefficient (Wildman–Crippen LogP) is 2.40. The van der Waals surface area contributed by atoms with E-state index in [1.54, 1.807) is 0 Å². The summed E-state index contributed by atoms with van der Waals surface area (Å²) in [5, 5.41) is 3.27. The Labute approximate surface area is 126 Å². The highest BCUT2D eigenvalue weighted by Gasteiger charge is 2.12. The zero-order valence-electron chi connectivity index (χ0n) is 13.5. The third-order valence-electron chi connectivity index (χ3n) is 3.29. The number of nitrogens with zero attached hydrogens (tertiary/aromatic N) is 5. The highest BCUT2D eigenvalue weighted by Crippen LogP contribution is 2.20. The molecule has 0 aromatic carbocycles. The summed E-state index contributed by atoms with van der Waals surface area (Å²) in [4.78, 5) is 15.7. The van der Waals surface area contributed by atoms with Gasteiger partial charge in [-0.05, 0) is 6.92 Å². The van der Waals surface area contributed by atoms with Crippen LogP contribution in [0.2, 0.25) is 0 Å². The van der Waals surface area contributed by atoms with Crippen molar-refractivity contribution in [2.45, 2.75) is 33.2 Å². The summed E-state index contributed by atoms with van der Waals surface area (Å²) in [6.07, 6.45) is 3.76. The van der Waals surface area contributed by atoms with Gasteiger partial charge in [0.25, 0.3) is 0 Å². The first-order valence-corrected chi connectivity index (χ1v) is 7.31. The van der Waals surface area contributed by atoms with E-state index < -0.39 is 0 Å². The second-order valence-corrected chi connectivity index (χ2v) is 5.47. The van der Waals surface area contributed by atoms with E-state index >= 15 is 0 Å². The van der Waals surface area contributed by atoms with E-state index in [1.807, 2.05) is 37.1 Å². The number of imidazole rings is 1. The first-order chi connectivity index (χ1) is 10.0. The summed E-state index contributed by atoms with van der Waals surface area (Å²) < 4.78 is 2.02. The minimum atomic E-state index is 0.295. The second kappa shape index (κ2) is 6.56. The van der Waals surface area contributed by atoms with Gasteiger partial charge in [0.15, 0.2) is 0 Å². The number of hydrogen-bond acceptors (Lipinski definition) is 5. The molecule has 0 radical (unpaired) electrons. The van der Waals surface area contributed by atoms with Crippen LogP contribution in [0.15, 0.2) is 18.5 Å². The maximum absolute atomic E-state index is 4.66. The standard InChI is InChI=1S/C15H24N6/c1-6-16-12-9-13(19-15(18-12)11(2)3)21(5)10-14-17-7-8-20(14)4/h7-9,11H,6,10H2,1-5H3,(H,16,18,19). The smallest absolute Gasteiger partial charge is 0.135 e. The fraction of sp³-hybridized carbons (Fsp3) is 0.533. The van der Waals surface area contributed by atoms with Gasteiger partial charge in [-0.2, -0.15) is 0 Å². The maximum atomic E-state index is 4.66. The summed E-state index contributed by atoms with van der Waals surface area (Å²) in [6, 6.07) is 1.98. The van der Waals surface area contributed by atoms with E-state index in [0.29, 0.717) is 12.5 Å². The van der Waals surface area contributed by atoms with Crippen molar-refractivity contribution >= 4 is 11.6 Å². The average molecular weight is 288 g/mol. The second-order valence-electron chi connectivity index (χ2n) is 5.47. The van der Waals surface area contributed by atoms with Crippen LogP contribution in [0.4, 0.5) is 11.6 Å². The van der Waals surface area contributed by atoms with Gasteiger partial charge in [-0.15, -0.1) is 0 Å². The Balaban J connectivity index is 2.26. The van der Waals surface area contributed by atoms with Gasteiger partial charge in [0.1, 0.15) is 23.3 Å². The molecule has 114 valence electrons. The van der Waals surface area contributed by atoms with Crippen molar-refractivity contribution in [1.82, 2.24) is 19.5 Å². The van der Waals surface area contributed by atoms with Crippen molar-refractivity contribution in [2.75, 3.05) is 23.8 Å². The molecular formula is C15H24N6. The van der Waals surface area contributed by atoms with Crippen molar-refractivity contribution < 1.29 is 0 Å². The average Bonchev–Trinajstić information content (AvgIpc) is 2.84. The van der Waals surface area contributed by atoms with Crippen LogP contribution in [-0.2, 0) is 13.6 Å². The van der Waals surface area contributed by atoms with Crippen molar-refractivity contribution in [2.24, 2.45) is 7.05 Å². The van der Waals surface area contributed by atoms with Crippen LogP contribution >= 0.6 is 0 Å². The Morgan fingerprint density at radius 3 is 2.67 bits per heavy atom. The van der Waals surface area contributed by atoms with Crippen molar-refractivity contribution in [3.05, 3.63) is 30.1 Å². The normalized spacial score (nSPS) is 11.0. The van der Waals surface area contributed by atoms with Crippen molar-refractivity contribution in [3.63, 3.8) is 0 Å². The van der Waals surface area contributed by atoms with Gasteiger partial charge >= 0.3 is 0 Å². The lowest BCUT2D eigenvalue weighted by Crippen LogP contribution is -2.21. The SMILES string of the molecule is CCNc1cc(N(C)Cc2nccn2C)nc(C(C)C)n1. The molecule has 0 saturated heterocycles. The number of rotatable bonds is 6. The van der Waals surface area contributed by atoms with Crippen LogP contribution in [0, 0.1) is 0 Å². The third kappa shape index (κ3) is 3.71. The third-order valence-corrected chi connectivity index (χ3v) is 3.29. The Kier molecular flexibility index (Phi) is 4.77. The van der Waals surface area contributed by atoms with Gasteiger partial charge in [-0.1, -0.05) is 13.8 Å². The summed E-state index contributed by atoms with van der Waals surface area (Å²) in [5.41, 5.74) is 0. The number of anilines is 2. The van der Waals surface area contributed by atoms with E-state index in [2.05, 4.69) is 45.9 Å². The molecule has 0 aliphatic carbocycles. The number of nitrogens with one attached hydrogen (secondary N) is 1. The van der Waals surface area contributed by atoms with E-state index in [9.17, 15) is 0 Å². The van der Waals surface area contributed by atoms with Gasteiger partial charge in [0.05, 0.1) is 6.54 Å². The zero-order chi connectivity index (χ0) is 15.4. The Morgan fingerprint density at radius 1 is 1.33 bits per heavy atom. The van der Waals surface area contributed by atoms with Crippen molar-refractivity contribution in [3.8, 4) is 0 Å². The molecule has 2 heterocycles. The molecule has 0 fully saturated rings. The highest BCUT2D eigenvalue weighted by atomic mass is 15.2. The molecule has 0 saturated carbocycles. The van der Waals surface area contributed by atoms with E-state index in [1.165, 1.54) is 0 Å².